The Morgan fingerprint density at radius 2 is 1.95 bits per heavy atom. The number of nitrogens with one attached hydrogen (secondary N) is 1. The molecule has 1 heterocycles. The fraction of sp³-hybridized carbons (Fsp3) is 0.357. The minimum Gasteiger partial charge on any atom is -0.303 e. The summed E-state index contributed by atoms with van der Waals surface area (Å²) in [7, 11) is 0. The Hall–Kier alpha value is -1.05. The molecule has 0 radical (unpaired) electrons. The predicted octanol–water partition coefficient (Wildman–Crippen LogP) is 4.57. The van der Waals surface area contributed by atoms with Gasteiger partial charge in [0.15, 0.2) is 0 Å². The molecule has 7 heteroatoms. The van der Waals surface area contributed by atoms with Gasteiger partial charge in [0, 0.05) is 22.4 Å². The molecule has 114 valence electrons. The van der Waals surface area contributed by atoms with Crippen molar-refractivity contribution >= 4 is 23.1 Å². The molecule has 0 spiro atoms. The molecule has 2 rings (SSSR count). The highest BCUT2D eigenvalue weighted by Crippen LogP contribution is 2.26. The maximum absolute atomic E-state index is 12.0. The first-order chi connectivity index (χ1) is 9.98. The summed E-state index contributed by atoms with van der Waals surface area (Å²) < 4.78 is 36.1. The van der Waals surface area contributed by atoms with E-state index in [1.165, 1.54) is 16.2 Å². The second-order valence-corrected chi connectivity index (χ2v) is 6.52. The Kier molecular flexibility index (Phi) is 5.66. The number of nitrogens with zero attached hydrogens (tertiary/aromatic N) is 1. The van der Waals surface area contributed by atoms with Gasteiger partial charge in [0.1, 0.15) is 5.01 Å². The van der Waals surface area contributed by atoms with E-state index in [1.54, 1.807) is 17.1 Å². The molecule has 0 unspecified atom stereocenters. The SMILES string of the molecule is CCSc1ccc(-c2nc(CNCC(F)(F)F)cs2)cc1. The van der Waals surface area contributed by atoms with Gasteiger partial charge in [-0.15, -0.1) is 23.1 Å². The van der Waals surface area contributed by atoms with E-state index >= 15 is 0 Å². The molecule has 0 amide bonds. The lowest BCUT2D eigenvalue weighted by Crippen LogP contribution is -2.28. The average Bonchev–Trinajstić information content (AvgIpc) is 2.87. The molecule has 0 fully saturated rings. The molecule has 0 atom stereocenters. The first-order valence-corrected chi connectivity index (χ1v) is 8.29. The Labute approximate surface area is 129 Å². The van der Waals surface area contributed by atoms with E-state index in [0.29, 0.717) is 5.69 Å². The molecule has 1 aromatic carbocycles. The number of hydrogen-bond donors (Lipinski definition) is 1. The molecular formula is C14H15F3N2S2. The van der Waals surface area contributed by atoms with Crippen LogP contribution in [0, 0.1) is 0 Å². The monoisotopic (exact) mass is 332 g/mol. The Bertz CT molecular complexity index is 564. The highest BCUT2D eigenvalue weighted by Gasteiger charge is 2.26. The van der Waals surface area contributed by atoms with Crippen molar-refractivity contribution in [3.05, 3.63) is 35.3 Å². The van der Waals surface area contributed by atoms with E-state index in [-0.39, 0.29) is 6.54 Å². The quantitative estimate of drug-likeness (QED) is 0.784. The van der Waals surface area contributed by atoms with Crippen molar-refractivity contribution in [2.75, 3.05) is 12.3 Å². The third kappa shape index (κ3) is 5.33. The van der Waals surface area contributed by atoms with Crippen molar-refractivity contribution in [3.63, 3.8) is 0 Å². The van der Waals surface area contributed by atoms with Crippen molar-refractivity contribution in [1.82, 2.24) is 10.3 Å². The summed E-state index contributed by atoms with van der Waals surface area (Å²) in [6.45, 7) is 1.22. The molecule has 0 aliphatic rings. The summed E-state index contributed by atoms with van der Waals surface area (Å²) >= 11 is 3.20. The maximum Gasteiger partial charge on any atom is 0.401 e. The van der Waals surface area contributed by atoms with E-state index in [9.17, 15) is 13.2 Å². The third-order valence-electron chi connectivity index (χ3n) is 2.60. The summed E-state index contributed by atoms with van der Waals surface area (Å²) in [5, 5.41) is 4.96. The van der Waals surface area contributed by atoms with Crippen molar-refractivity contribution in [2.24, 2.45) is 0 Å². The molecule has 2 nitrogen and oxygen atoms in total. The predicted molar refractivity (Wildman–Crippen MR) is 81.7 cm³/mol. The summed E-state index contributed by atoms with van der Waals surface area (Å²) in [6.07, 6.45) is -4.19. The fourth-order valence-corrected chi connectivity index (χ4v) is 3.20. The van der Waals surface area contributed by atoms with Crippen molar-refractivity contribution in [2.45, 2.75) is 24.5 Å². The van der Waals surface area contributed by atoms with Crippen LogP contribution in [-0.4, -0.2) is 23.5 Å². The number of halogens is 3. The van der Waals surface area contributed by atoms with Gasteiger partial charge in [-0.2, -0.15) is 13.2 Å². The third-order valence-corrected chi connectivity index (χ3v) is 4.43. The van der Waals surface area contributed by atoms with E-state index in [2.05, 4.69) is 17.2 Å². The molecule has 1 aromatic heterocycles. The Morgan fingerprint density at radius 1 is 1.24 bits per heavy atom. The number of rotatable bonds is 6. The number of thiazole rings is 1. The molecule has 0 saturated carbocycles. The molecule has 0 bridgehead atoms. The van der Waals surface area contributed by atoms with Crippen LogP contribution in [0.3, 0.4) is 0 Å². The lowest BCUT2D eigenvalue weighted by Gasteiger charge is -2.06. The maximum atomic E-state index is 12.0. The van der Waals surface area contributed by atoms with Gasteiger partial charge in [-0.25, -0.2) is 4.98 Å². The summed E-state index contributed by atoms with van der Waals surface area (Å²) in [5.41, 5.74) is 1.62. The number of alkyl halides is 3. The fourth-order valence-electron chi connectivity index (χ4n) is 1.71. The van der Waals surface area contributed by atoms with Crippen molar-refractivity contribution < 1.29 is 13.2 Å². The standard InChI is InChI=1S/C14H15F3N2S2/c1-2-20-12-5-3-10(4-6-12)13-19-11(8-21-13)7-18-9-14(15,16)17/h3-6,8,18H,2,7,9H2,1H3. The molecule has 21 heavy (non-hydrogen) atoms. The van der Waals surface area contributed by atoms with Gasteiger partial charge in [0.2, 0.25) is 0 Å². The van der Waals surface area contributed by atoms with Gasteiger partial charge in [0.05, 0.1) is 12.2 Å². The topological polar surface area (TPSA) is 24.9 Å². The molecule has 1 N–H and O–H groups in total. The number of thioether (sulfide) groups is 1. The number of benzene rings is 1. The zero-order chi connectivity index (χ0) is 15.3. The summed E-state index contributed by atoms with van der Waals surface area (Å²) in [4.78, 5) is 5.56. The minimum absolute atomic E-state index is 0.125. The van der Waals surface area contributed by atoms with Crippen LogP contribution in [0.25, 0.3) is 10.6 Å². The van der Waals surface area contributed by atoms with Crippen molar-refractivity contribution in [3.8, 4) is 10.6 Å². The minimum atomic E-state index is -4.19. The van der Waals surface area contributed by atoms with Crippen LogP contribution in [0.4, 0.5) is 13.2 Å². The van der Waals surface area contributed by atoms with Gasteiger partial charge in [-0.1, -0.05) is 19.1 Å². The molecule has 0 aliphatic carbocycles. The van der Waals surface area contributed by atoms with Crippen LogP contribution >= 0.6 is 23.1 Å². The first kappa shape index (κ1) is 16.3. The Balaban J connectivity index is 1.96. The van der Waals surface area contributed by atoms with Crippen LogP contribution in [0.2, 0.25) is 0 Å². The van der Waals surface area contributed by atoms with Gasteiger partial charge < -0.3 is 5.32 Å². The lowest BCUT2D eigenvalue weighted by atomic mass is 10.2. The second-order valence-electron chi connectivity index (χ2n) is 4.32. The van der Waals surface area contributed by atoms with Gasteiger partial charge >= 0.3 is 6.18 Å². The summed E-state index contributed by atoms with van der Waals surface area (Å²) in [5.74, 6) is 1.02. The van der Waals surface area contributed by atoms with E-state index in [1.807, 2.05) is 24.3 Å². The highest BCUT2D eigenvalue weighted by molar-refractivity contribution is 7.99. The molecule has 0 aliphatic heterocycles. The lowest BCUT2D eigenvalue weighted by molar-refractivity contribution is -0.125. The van der Waals surface area contributed by atoms with Crippen molar-refractivity contribution in [1.29, 1.82) is 0 Å². The molecule has 0 saturated heterocycles. The van der Waals surface area contributed by atoms with Gasteiger partial charge in [0.25, 0.3) is 0 Å². The highest BCUT2D eigenvalue weighted by atomic mass is 32.2. The number of aromatic nitrogens is 1. The second kappa shape index (κ2) is 7.29. The van der Waals surface area contributed by atoms with Gasteiger partial charge in [-0.3, -0.25) is 0 Å². The van der Waals surface area contributed by atoms with Crippen LogP contribution in [-0.2, 0) is 6.54 Å². The average molecular weight is 332 g/mol. The van der Waals surface area contributed by atoms with E-state index in [0.717, 1.165) is 16.3 Å². The largest absolute Gasteiger partial charge is 0.401 e. The molecule has 2 aromatic rings. The normalized spacial score (nSPS) is 11.8. The Morgan fingerprint density at radius 3 is 2.57 bits per heavy atom. The van der Waals surface area contributed by atoms with Gasteiger partial charge in [-0.05, 0) is 17.9 Å². The first-order valence-electron chi connectivity index (χ1n) is 6.43. The molecular weight excluding hydrogens is 317 g/mol. The smallest absolute Gasteiger partial charge is 0.303 e. The van der Waals surface area contributed by atoms with Crippen LogP contribution in [0.15, 0.2) is 34.5 Å². The van der Waals surface area contributed by atoms with E-state index < -0.39 is 12.7 Å². The van der Waals surface area contributed by atoms with Crippen LogP contribution in [0.5, 0.6) is 0 Å². The number of hydrogen-bond acceptors (Lipinski definition) is 4. The zero-order valence-electron chi connectivity index (χ0n) is 11.4. The van der Waals surface area contributed by atoms with E-state index in [4.69, 9.17) is 0 Å². The van der Waals surface area contributed by atoms with Crippen LogP contribution in [0.1, 0.15) is 12.6 Å². The summed E-state index contributed by atoms with van der Waals surface area (Å²) in [6, 6.07) is 8.05. The zero-order valence-corrected chi connectivity index (χ0v) is 13.0. The van der Waals surface area contributed by atoms with Crippen LogP contribution < -0.4 is 5.32 Å².